The molecular formula is C20H32O2. The third-order valence-electron chi connectivity index (χ3n) is 6.82. The van der Waals surface area contributed by atoms with Crippen LogP contribution in [0.5, 0.6) is 0 Å². The minimum atomic E-state index is 0.260. The largest absolute Gasteiger partial charge is 0.303 e. The SMILES string of the molecule is CC1CCC2C(C)(C)CCCC2(C)C1C/C=C(/C=O)CC=O. The number of carbonyl (C=O) groups excluding carboxylic acids is 2. The Morgan fingerprint density at radius 1 is 1.14 bits per heavy atom. The van der Waals surface area contributed by atoms with Gasteiger partial charge in [0.1, 0.15) is 12.6 Å². The molecule has 2 aliphatic carbocycles. The van der Waals surface area contributed by atoms with Crippen LogP contribution < -0.4 is 0 Å². The molecule has 0 heterocycles. The van der Waals surface area contributed by atoms with E-state index in [0.29, 0.717) is 28.2 Å². The Labute approximate surface area is 135 Å². The lowest BCUT2D eigenvalue weighted by molar-refractivity contribution is -0.109. The molecule has 0 aliphatic heterocycles. The molecule has 0 N–H and O–H groups in total. The van der Waals surface area contributed by atoms with E-state index in [1.807, 2.05) is 6.08 Å². The van der Waals surface area contributed by atoms with E-state index in [-0.39, 0.29) is 6.42 Å². The summed E-state index contributed by atoms with van der Waals surface area (Å²) in [6.07, 6.45) is 11.6. The summed E-state index contributed by atoms with van der Waals surface area (Å²) in [7, 11) is 0. The number of hydrogen-bond donors (Lipinski definition) is 0. The van der Waals surface area contributed by atoms with Gasteiger partial charge in [0.2, 0.25) is 0 Å². The van der Waals surface area contributed by atoms with E-state index in [4.69, 9.17) is 0 Å². The normalized spacial score (nSPS) is 38.2. The van der Waals surface area contributed by atoms with E-state index in [9.17, 15) is 9.59 Å². The Morgan fingerprint density at radius 3 is 2.50 bits per heavy atom. The summed E-state index contributed by atoms with van der Waals surface area (Å²) in [6.45, 7) is 9.76. The number of rotatable bonds is 5. The fourth-order valence-corrected chi connectivity index (χ4v) is 5.67. The summed E-state index contributed by atoms with van der Waals surface area (Å²) in [4.78, 5) is 21.8. The minimum absolute atomic E-state index is 0.260. The van der Waals surface area contributed by atoms with E-state index in [1.165, 1.54) is 32.1 Å². The summed E-state index contributed by atoms with van der Waals surface area (Å²) in [5.74, 6) is 2.12. The van der Waals surface area contributed by atoms with Gasteiger partial charge >= 0.3 is 0 Å². The second-order valence-corrected chi connectivity index (χ2v) is 8.57. The van der Waals surface area contributed by atoms with Gasteiger partial charge in [-0.15, -0.1) is 0 Å². The van der Waals surface area contributed by atoms with Crippen LogP contribution in [0.4, 0.5) is 0 Å². The lowest BCUT2D eigenvalue weighted by Gasteiger charge is -2.59. The van der Waals surface area contributed by atoms with Gasteiger partial charge in [0.25, 0.3) is 0 Å². The first-order valence-corrected chi connectivity index (χ1v) is 8.93. The van der Waals surface area contributed by atoms with E-state index in [1.54, 1.807) is 0 Å². The molecule has 0 aromatic heterocycles. The van der Waals surface area contributed by atoms with Gasteiger partial charge in [-0.1, -0.05) is 46.6 Å². The summed E-state index contributed by atoms with van der Waals surface area (Å²) in [5.41, 5.74) is 1.47. The second-order valence-electron chi connectivity index (χ2n) is 8.57. The highest BCUT2D eigenvalue weighted by Gasteiger charge is 2.53. The smallest absolute Gasteiger partial charge is 0.146 e. The van der Waals surface area contributed by atoms with Crippen LogP contribution >= 0.6 is 0 Å². The summed E-state index contributed by atoms with van der Waals surface area (Å²) < 4.78 is 0. The minimum Gasteiger partial charge on any atom is -0.303 e. The van der Waals surface area contributed by atoms with Crippen LogP contribution in [-0.4, -0.2) is 12.6 Å². The van der Waals surface area contributed by atoms with Crippen molar-refractivity contribution in [2.24, 2.45) is 28.6 Å². The molecule has 0 spiro atoms. The van der Waals surface area contributed by atoms with Crippen LogP contribution in [0.15, 0.2) is 11.6 Å². The summed E-state index contributed by atoms with van der Waals surface area (Å²) in [5, 5.41) is 0. The Morgan fingerprint density at radius 2 is 1.86 bits per heavy atom. The van der Waals surface area contributed by atoms with Gasteiger partial charge in [-0.25, -0.2) is 0 Å². The average molecular weight is 304 g/mol. The van der Waals surface area contributed by atoms with Gasteiger partial charge in [-0.3, -0.25) is 4.79 Å². The summed E-state index contributed by atoms with van der Waals surface area (Å²) >= 11 is 0. The van der Waals surface area contributed by atoms with Crippen LogP contribution in [0, 0.1) is 28.6 Å². The van der Waals surface area contributed by atoms with E-state index < -0.39 is 0 Å². The van der Waals surface area contributed by atoms with Gasteiger partial charge < -0.3 is 4.79 Å². The topological polar surface area (TPSA) is 34.1 Å². The van der Waals surface area contributed by atoms with Crippen molar-refractivity contribution in [2.75, 3.05) is 0 Å². The molecule has 2 fully saturated rings. The third-order valence-corrected chi connectivity index (χ3v) is 6.82. The maximum atomic E-state index is 11.1. The van der Waals surface area contributed by atoms with Gasteiger partial charge in [-0.05, 0) is 59.8 Å². The van der Waals surface area contributed by atoms with Crippen LogP contribution in [0.25, 0.3) is 0 Å². The van der Waals surface area contributed by atoms with Crippen LogP contribution in [0.1, 0.15) is 72.6 Å². The molecule has 2 heteroatoms. The molecule has 0 amide bonds. The predicted molar refractivity (Wildman–Crippen MR) is 90.6 cm³/mol. The zero-order valence-corrected chi connectivity index (χ0v) is 14.7. The second kappa shape index (κ2) is 6.68. The lowest BCUT2D eigenvalue weighted by atomic mass is 9.46. The lowest BCUT2D eigenvalue weighted by Crippen LogP contribution is -2.51. The highest BCUT2D eigenvalue weighted by molar-refractivity contribution is 5.78. The third kappa shape index (κ3) is 3.21. The maximum absolute atomic E-state index is 11.1. The number of carbonyl (C=O) groups is 2. The Hall–Kier alpha value is -0.920. The first-order valence-electron chi connectivity index (χ1n) is 8.93. The zero-order chi connectivity index (χ0) is 16.4. The van der Waals surface area contributed by atoms with E-state index >= 15 is 0 Å². The number of allylic oxidation sites excluding steroid dienone is 2. The monoisotopic (exact) mass is 304 g/mol. The van der Waals surface area contributed by atoms with E-state index in [2.05, 4.69) is 27.7 Å². The fourth-order valence-electron chi connectivity index (χ4n) is 5.67. The quantitative estimate of drug-likeness (QED) is 0.531. The van der Waals surface area contributed by atoms with Crippen molar-refractivity contribution in [2.45, 2.75) is 72.6 Å². The summed E-state index contributed by atoms with van der Waals surface area (Å²) in [6, 6.07) is 0. The molecule has 0 saturated heterocycles. The average Bonchev–Trinajstić information content (AvgIpc) is 2.44. The molecule has 2 aliphatic rings. The van der Waals surface area contributed by atoms with Crippen molar-refractivity contribution >= 4 is 12.6 Å². The van der Waals surface area contributed by atoms with Gasteiger partial charge in [-0.2, -0.15) is 0 Å². The molecule has 0 aromatic carbocycles. The van der Waals surface area contributed by atoms with Crippen LogP contribution in [0.3, 0.4) is 0 Å². The highest BCUT2D eigenvalue weighted by Crippen LogP contribution is 2.61. The van der Waals surface area contributed by atoms with Gasteiger partial charge in [0.15, 0.2) is 0 Å². The molecule has 4 unspecified atom stereocenters. The Bertz CT molecular complexity index is 449. The van der Waals surface area contributed by atoms with Crippen molar-refractivity contribution in [3.63, 3.8) is 0 Å². The first-order chi connectivity index (χ1) is 10.3. The fraction of sp³-hybridized carbons (Fsp3) is 0.800. The van der Waals surface area contributed by atoms with Gasteiger partial charge in [0, 0.05) is 6.42 Å². The molecule has 0 aromatic rings. The molecule has 0 bridgehead atoms. The van der Waals surface area contributed by atoms with Crippen LogP contribution in [0.2, 0.25) is 0 Å². The van der Waals surface area contributed by atoms with Crippen LogP contribution in [-0.2, 0) is 9.59 Å². The first kappa shape index (κ1) is 17.4. The molecule has 2 nitrogen and oxygen atoms in total. The predicted octanol–water partition coefficient (Wildman–Crippen LogP) is 4.97. The molecular weight excluding hydrogens is 272 g/mol. The highest BCUT2D eigenvalue weighted by atomic mass is 16.1. The van der Waals surface area contributed by atoms with Crippen molar-refractivity contribution in [1.29, 1.82) is 0 Å². The maximum Gasteiger partial charge on any atom is 0.146 e. The van der Waals surface area contributed by atoms with E-state index in [0.717, 1.165) is 24.9 Å². The standard InChI is InChI=1S/C20H32O2/c1-15-6-9-18-19(2,3)11-5-12-20(18,4)17(15)8-7-16(14-22)10-13-21/h7,13-15,17-18H,5-6,8-12H2,1-4H3/b16-7+. The molecule has 0 radical (unpaired) electrons. The molecule has 124 valence electrons. The van der Waals surface area contributed by atoms with Crippen molar-refractivity contribution < 1.29 is 9.59 Å². The molecule has 2 saturated carbocycles. The number of hydrogen-bond acceptors (Lipinski definition) is 2. The van der Waals surface area contributed by atoms with Crippen molar-refractivity contribution in [1.82, 2.24) is 0 Å². The van der Waals surface area contributed by atoms with Gasteiger partial charge in [0.05, 0.1) is 0 Å². The zero-order valence-electron chi connectivity index (χ0n) is 14.7. The van der Waals surface area contributed by atoms with Crippen molar-refractivity contribution in [3.05, 3.63) is 11.6 Å². The Kier molecular flexibility index (Phi) is 5.29. The molecule has 2 rings (SSSR count). The Balaban J connectivity index is 2.24. The molecule has 22 heavy (non-hydrogen) atoms. The molecule has 4 atom stereocenters. The number of fused-ring (bicyclic) bond motifs is 1. The number of aldehydes is 2. The van der Waals surface area contributed by atoms with Crippen molar-refractivity contribution in [3.8, 4) is 0 Å².